The van der Waals surface area contributed by atoms with E-state index < -0.39 is 28.8 Å². The standard InChI is InChI=1S/C37H49NO4/c1-18(2)31-26(39)17-22-27(42-31)12-13-35(7)36(8)19(11-14-37(22,35)41)15-20-28-25(38-32(20)36)10-9-21-30(28)29-23(33(21,3)4)16-24(29)34(5,6)40/h9-10,17,19,23-24,26-27,29,31,38-41H,1,11-16H2,2-8H3. The lowest BCUT2D eigenvalue weighted by Crippen LogP contribution is -2.67. The Morgan fingerprint density at radius 1 is 1.12 bits per heavy atom. The van der Waals surface area contributed by atoms with Crippen molar-refractivity contribution in [1.82, 2.24) is 4.98 Å². The molecule has 2 aromatic rings. The van der Waals surface area contributed by atoms with Gasteiger partial charge in [-0.25, -0.2) is 0 Å². The molecule has 42 heavy (non-hydrogen) atoms. The normalized spacial score (nSPS) is 44.7. The van der Waals surface area contributed by atoms with Gasteiger partial charge in [0.1, 0.15) is 12.2 Å². The van der Waals surface area contributed by atoms with Gasteiger partial charge in [-0.2, -0.15) is 0 Å². The van der Waals surface area contributed by atoms with E-state index in [9.17, 15) is 15.3 Å². The molecule has 1 aromatic carbocycles. The molecule has 1 aliphatic heterocycles. The predicted octanol–water partition coefficient (Wildman–Crippen LogP) is 6.34. The quantitative estimate of drug-likeness (QED) is 0.317. The van der Waals surface area contributed by atoms with Gasteiger partial charge in [0.2, 0.25) is 0 Å². The molecule has 2 heterocycles. The van der Waals surface area contributed by atoms with Crippen LogP contribution in [0.25, 0.3) is 10.9 Å². The molecule has 0 radical (unpaired) electrons. The molecule has 5 heteroatoms. The molecule has 8 rings (SSSR count). The SMILES string of the molecule is C=C(C)C1OC2CCC3(C)C(O)(CCC4Cc5c([nH]c6ccc7c(c56)C5C(C(C)(C)O)CC5C7(C)C)C43C)C2=CC1O. The molecule has 0 saturated heterocycles. The summed E-state index contributed by atoms with van der Waals surface area (Å²) < 4.78 is 6.41. The van der Waals surface area contributed by atoms with Crippen LogP contribution < -0.4 is 0 Å². The molecule has 10 unspecified atom stereocenters. The summed E-state index contributed by atoms with van der Waals surface area (Å²) in [6.45, 7) is 19.5. The van der Waals surface area contributed by atoms with E-state index in [1.54, 1.807) is 0 Å². The van der Waals surface area contributed by atoms with E-state index in [1.807, 2.05) is 26.8 Å². The van der Waals surface area contributed by atoms with Gasteiger partial charge in [0.05, 0.1) is 17.3 Å². The lowest BCUT2D eigenvalue weighted by Gasteiger charge is -2.65. The molecular weight excluding hydrogens is 522 g/mol. The third-order valence-electron chi connectivity index (χ3n) is 14.2. The second-order valence-corrected chi connectivity index (χ2v) is 16.7. The summed E-state index contributed by atoms with van der Waals surface area (Å²) in [5.41, 5.74) is 6.33. The number of fused-ring (bicyclic) bond motifs is 13. The van der Waals surface area contributed by atoms with Crippen LogP contribution in [0, 0.1) is 23.2 Å². The Balaban J connectivity index is 1.29. The maximum Gasteiger partial charge on any atom is 0.108 e. The van der Waals surface area contributed by atoms with Crippen molar-refractivity contribution in [2.45, 2.75) is 133 Å². The van der Waals surface area contributed by atoms with Crippen LogP contribution >= 0.6 is 0 Å². The number of hydrogen-bond donors (Lipinski definition) is 4. The average molecular weight is 572 g/mol. The number of aromatic nitrogens is 1. The zero-order chi connectivity index (χ0) is 29.9. The molecule has 3 saturated carbocycles. The number of rotatable bonds is 2. The van der Waals surface area contributed by atoms with Gasteiger partial charge in [-0.1, -0.05) is 40.3 Å². The third-order valence-corrected chi connectivity index (χ3v) is 14.2. The fourth-order valence-electron chi connectivity index (χ4n) is 11.6. The number of aliphatic hydroxyl groups excluding tert-OH is 1. The van der Waals surface area contributed by atoms with E-state index in [4.69, 9.17) is 4.74 Å². The van der Waals surface area contributed by atoms with Crippen molar-refractivity contribution in [2.75, 3.05) is 0 Å². The zero-order valence-electron chi connectivity index (χ0n) is 26.5. The van der Waals surface area contributed by atoms with Crippen LogP contribution in [0.3, 0.4) is 0 Å². The summed E-state index contributed by atoms with van der Waals surface area (Å²) in [5.74, 6) is 1.65. The van der Waals surface area contributed by atoms with Crippen molar-refractivity contribution in [1.29, 1.82) is 0 Å². The highest BCUT2D eigenvalue weighted by Gasteiger charge is 2.70. The molecule has 3 fully saturated rings. The molecule has 0 bridgehead atoms. The lowest BCUT2D eigenvalue weighted by atomic mass is 9.42. The first-order valence-corrected chi connectivity index (χ1v) is 16.4. The summed E-state index contributed by atoms with van der Waals surface area (Å²) in [5, 5.41) is 36.4. The lowest BCUT2D eigenvalue weighted by molar-refractivity contribution is -0.185. The van der Waals surface area contributed by atoms with Gasteiger partial charge >= 0.3 is 0 Å². The summed E-state index contributed by atoms with van der Waals surface area (Å²) in [7, 11) is 0. The zero-order valence-corrected chi connectivity index (χ0v) is 26.5. The van der Waals surface area contributed by atoms with Gasteiger partial charge in [0.15, 0.2) is 0 Å². The Kier molecular flexibility index (Phi) is 5.27. The van der Waals surface area contributed by atoms with Crippen LogP contribution in [0.1, 0.15) is 109 Å². The van der Waals surface area contributed by atoms with Crippen molar-refractivity contribution in [3.63, 3.8) is 0 Å². The minimum Gasteiger partial charge on any atom is -0.390 e. The van der Waals surface area contributed by atoms with E-state index >= 15 is 0 Å². The Morgan fingerprint density at radius 2 is 1.86 bits per heavy atom. The first-order chi connectivity index (χ1) is 19.6. The van der Waals surface area contributed by atoms with E-state index in [1.165, 1.54) is 33.3 Å². The molecule has 0 spiro atoms. The van der Waals surface area contributed by atoms with E-state index in [0.717, 1.165) is 43.3 Å². The van der Waals surface area contributed by atoms with Gasteiger partial charge in [-0.05, 0) is 128 Å². The van der Waals surface area contributed by atoms with Gasteiger partial charge in [0, 0.05) is 27.4 Å². The molecule has 0 amide bonds. The molecule has 6 aliphatic rings. The van der Waals surface area contributed by atoms with Crippen LogP contribution in [0.5, 0.6) is 0 Å². The van der Waals surface area contributed by atoms with Gasteiger partial charge < -0.3 is 25.0 Å². The number of nitrogens with one attached hydrogen (secondary N) is 1. The summed E-state index contributed by atoms with van der Waals surface area (Å²) >= 11 is 0. The molecule has 5 aliphatic carbocycles. The second-order valence-electron chi connectivity index (χ2n) is 16.7. The minimum absolute atomic E-state index is 0.0932. The number of H-pyrrole nitrogens is 1. The van der Waals surface area contributed by atoms with E-state index in [0.29, 0.717) is 24.2 Å². The highest BCUT2D eigenvalue weighted by atomic mass is 16.5. The predicted molar refractivity (Wildman–Crippen MR) is 166 cm³/mol. The molecular formula is C37H49NO4. The number of aliphatic hydroxyl groups is 3. The first-order valence-electron chi connectivity index (χ1n) is 16.4. The fourth-order valence-corrected chi connectivity index (χ4v) is 11.6. The van der Waals surface area contributed by atoms with E-state index in [-0.39, 0.29) is 22.9 Å². The fraction of sp³-hybridized carbons (Fsp3) is 0.676. The van der Waals surface area contributed by atoms with Crippen LogP contribution in [0.4, 0.5) is 0 Å². The third kappa shape index (κ3) is 2.96. The molecule has 1 aromatic heterocycles. The monoisotopic (exact) mass is 571 g/mol. The Hall–Kier alpha value is -1.92. The Bertz CT molecular complexity index is 1570. The maximum atomic E-state index is 12.8. The number of ether oxygens (including phenoxy) is 1. The van der Waals surface area contributed by atoms with Gasteiger partial charge in [-0.3, -0.25) is 0 Å². The van der Waals surface area contributed by atoms with Crippen LogP contribution in [-0.2, 0) is 22.0 Å². The summed E-state index contributed by atoms with van der Waals surface area (Å²) in [6, 6.07) is 4.66. The molecule has 5 nitrogen and oxygen atoms in total. The molecule has 226 valence electrons. The van der Waals surface area contributed by atoms with Crippen LogP contribution in [-0.4, -0.2) is 49.8 Å². The van der Waals surface area contributed by atoms with Crippen molar-refractivity contribution in [3.05, 3.63) is 58.3 Å². The summed E-state index contributed by atoms with van der Waals surface area (Å²) in [4.78, 5) is 3.98. The van der Waals surface area contributed by atoms with Crippen LogP contribution in [0.15, 0.2) is 35.9 Å². The topological polar surface area (TPSA) is 85.7 Å². The first kappa shape index (κ1) is 27.6. The van der Waals surface area contributed by atoms with Crippen molar-refractivity contribution >= 4 is 10.9 Å². The minimum atomic E-state index is -1.05. The van der Waals surface area contributed by atoms with Crippen molar-refractivity contribution < 1.29 is 20.1 Å². The number of hydrogen-bond acceptors (Lipinski definition) is 4. The second kappa shape index (κ2) is 8.02. The Labute approximate surface area is 250 Å². The van der Waals surface area contributed by atoms with E-state index in [2.05, 4.69) is 51.4 Å². The number of benzene rings is 1. The highest BCUT2D eigenvalue weighted by molar-refractivity contribution is 5.92. The van der Waals surface area contributed by atoms with Crippen molar-refractivity contribution in [3.8, 4) is 0 Å². The van der Waals surface area contributed by atoms with Crippen LogP contribution in [0.2, 0.25) is 0 Å². The average Bonchev–Trinajstić information content (AvgIpc) is 3.43. The smallest absolute Gasteiger partial charge is 0.108 e. The maximum absolute atomic E-state index is 12.8. The molecule has 10 atom stereocenters. The largest absolute Gasteiger partial charge is 0.390 e. The number of aromatic amines is 1. The van der Waals surface area contributed by atoms with Crippen molar-refractivity contribution in [2.24, 2.45) is 23.2 Å². The van der Waals surface area contributed by atoms with Gasteiger partial charge in [-0.15, -0.1) is 0 Å². The highest BCUT2D eigenvalue weighted by Crippen LogP contribution is 2.71. The van der Waals surface area contributed by atoms with Gasteiger partial charge in [0.25, 0.3) is 0 Å². The Morgan fingerprint density at radius 3 is 2.55 bits per heavy atom. The molecule has 4 N–H and O–H groups in total. The summed E-state index contributed by atoms with van der Waals surface area (Å²) in [6.07, 6.45) is 5.96.